The monoisotopic (exact) mass is 343 g/mol. The summed E-state index contributed by atoms with van der Waals surface area (Å²) >= 11 is 0. The van der Waals surface area contributed by atoms with E-state index in [2.05, 4.69) is 8.92 Å². The van der Waals surface area contributed by atoms with Crippen molar-refractivity contribution in [3.05, 3.63) is 24.3 Å². The van der Waals surface area contributed by atoms with Crippen LogP contribution < -0.4 is 44.8 Å². The molecule has 1 aromatic carbocycles. The number of benzene rings is 1. The molecule has 0 radical (unpaired) electrons. The van der Waals surface area contributed by atoms with Gasteiger partial charge in [-0.3, -0.25) is 4.18 Å². The van der Waals surface area contributed by atoms with Gasteiger partial charge in [-0.15, -0.1) is 0 Å². The number of hydrogen-bond acceptors (Lipinski definition) is 8. The largest absolute Gasteiger partial charge is 1.00 e. The molecule has 0 aliphatic rings. The molecule has 0 heterocycles. The van der Waals surface area contributed by atoms with Gasteiger partial charge in [-0.2, -0.15) is 0 Å². The van der Waals surface area contributed by atoms with Gasteiger partial charge in [0.1, 0.15) is 19.3 Å². The molecule has 0 bridgehead atoms. The van der Waals surface area contributed by atoms with Gasteiger partial charge in [0.15, 0.2) is 11.5 Å². The van der Waals surface area contributed by atoms with Crippen LogP contribution in [0.4, 0.5) is 4.79 Å². The molecule has 9 nitrogen and oxygen atoms in total. The van der Waals surface area contributed by atoms with Gasteiger partial charge in [0, 0.05) is 0 Å². The third kappa shape index (κ3) is 8.41. The summed E-state index contributed by atoms with van der Waals surface area (Å²) in [6, 6.07) is 6.56. The van der Waals surface area contributed by atoms with Crippen LogP contribution in [0, 0.1) is 0 Å². The standard InChI is InChI=1S/C11H15NO8S.Na/c1-17-9-4-2-3-5-10(9)18-6-8(7-19-11(12)13)20-21(14,15)16;/h2-5,8H,6-7H2,1H3,(H2,12,13)(H,14,15,16);/q;+1/p-1. The molecule has 1 atom stereocenters. The molecule has 0 spiro atoms. The van der Waals surface area contributed by atoms with Gasteiger partial charge in [0.05, 0.1) is 7.11 Å². The minimum absolute atomic E-state index is 0. The predicted molar refractivity (Wildman–Crippen MR) is 68.6 cm³/mol. The Morgan fingerprint density at radius 3 is 2.36 bits per heavy atom. The Hall–Kier alpha value is -1.04. The van der Waals surface area contributed by atoms with Crippen LogP contribution >= 0.6 is 0 Å². The molecule has 0 saturated heterocycles. The molecule has 1 rings (SSSR count). The number of nitrogens with two attached hydrogens (primary N) is 1. The summed E-state index contributed by atoms with van der Waals surface area (Å²) in [7, 11) is -3.56. The van der Waals surface area contributed by atoms with Crippen molar-refractivity contribution < 1.29 is 65.7 Å². The van der Waals surface area contributed by atoms with Crippen LogP contribution in [0.5, 0.6) is 11.5 Å². The number of primary amides is 1. The molecule has 1 amide bonds. The summed E-state index contributed by atoms with van der Waals surface area (Å²) in [4.78, 5) is 10.5. The zero-order valence-corrected chi connectivity index (χ0v) is 14.9. The second kappa shape index (κ2) is 9.87. The van der Waals surface area contributed by atoms with Crippen molar-refractivity contribution in [1.29, 1.82) is 0 Å². The SMILES string of the molecule is COc1ccccc1OCC(COC(N)=O)OS(=O)(=O)[O-].[Na+]. The average Bonchev–Trinajstić information content (AvgIpc) is 2.40. The maximum Gasteiger partial charge on any atom is 1.00 e. The first-order valence-corrected chi connectivity index (χ1v) is 6.97. The number of para-hydroxylation sites is 2. The Morgan fingerprint density at radius 2 is 1.86 bits per heavy atom. The molecule has 0 aliphatic heterocycles. The van der Waals surface area contributed by atoms with Crippen LogP contribution in [0.25, 0.3) is 0 Å². The molecule has 22 heavy (non-hydrogen) atoms. The number of rotatable bonds is 8. The number of amides is 1. The van der Waals surface area contributed by atoms with E-state index < -0.39 is 29.2 Å². The number of carbonyl (C=O) groups excluding carboxylic acids is 1. The van der Waals surface area contributed by atoms with E-state index in [0.29, 0.717) is 11.5 Å². The fourth-order valence-corrected chi connectivity index (χ4v) is 1.81. The van der Waals surface area contributed by atoms with Crippen LogP contribution in [-0.4, -0.2) is 45.5 Å². The molecule has 0 saturated carbocycles. The fourth-order valence-electron chi connectivity index (χ4n) is 1.37. The second-order valence-corrected chi connectivity index (χ2v) is 4.73. The van der Waals surface area contributed by atoms with Crippen molar-refractivity contribution in [2.75, 3.05) is 20.3 Å². The van der Waals surface area contributed by atoms with Gasteiger partial charge in [0.25, 0.3) is 0 Å². The fraction of sp³-hybridized carbons (Fsp3) is 0.364. The quantitative estimate of drug-likeness (QED) is 0.300. The molecule has 1 unspecified atom stereocenters. The van der Waals surface area contributed by atoms with Crippen LogP contribution in [0.1, 0.15) is 0 Å². The average molecular weight is 343 g/mol. The third-order valence-electron chi connectivity index (χ3n) is 2.16. The molecule has 1 aromatic rings. The molecule has 0 aliphatic carbocycles. The normalized spacial score (nSPS) is 11.9. The van der Waals surface area contributed by atoms with Crippen molar-refractivity contribution in [1.82, 2.24) is 0 Å². The number of ether oxygens (including phenoxy) is 3. The van der Waals surface area contributed by atoms with Crippen molar-refractivity contribution in [2.24, 2.45) is 5.73 Å². The van der Waals surface area contributed by atoms with Crippen molar-refractivity contribution in [3.8, 4) is 11.5 Å². The van der Waals surface area contributed by atoms with Crippen molar-refractivity contribution in [2.45, 2.75) is 6.10 Å². The van der Waals surface area contributed by atoms with Gasteiger partial charge >= 0.3 is 35.7 Å². The van der Waals surface area contributed by atoms with Gasteiger partial charge in [-0.25, -0.2) is 13.2 Å². The zero-order valence-electron chi connectivity index (χ0n) is 12.1. The molecular weight excluding hydrogens is 329 g/mol. The van der Waals surface area contributed by atoms with E-state index in [1.54, 1.807) is 24.3 Å². The summed E-state index contributed by atoms with van der Waals surface area (Å²) in [5, 5.41) is 0. The van der Waals surface area contributed by atoms with Crippen LogP contribution in [0.3, 0.4) is 0 Å². The Kier molecular flexibility index (Phi) is 9.41. The first-order chi connectivity index (χ1) is 9.81. The van der Waals surface area contributed by atoms with Gasteiger partial charge in [-0.05, 0) is 12.1 Å². The second-order valence-electron chi connectivity index (χ2n) is 3.72. The number of methoxy groups -OCH3 is 1. The summed E-state index contributed by atoms with van der Waals surface area (Å²) in [5.74, 6) is 0.702. The summed E-state index contributed by atoms with van der Waals surface area (Å²) in [6.07, 6.45) is -2.46. The van der Waals surface area contributed by atoms with E-state index in [1.807, 2.05) is 0 Å². The molecule has 118 valence electrons. The molecule has 11 heteroatoms. The summed E-state index contributed by atoms with van der Waals surface area (Å²) in [5.41, 5.74) is 4.75. The van der Waals surface area contributed by atoms with Crippen LogP contribution in [-0.2, 0) is 19.3 Å². The van der Waals surface area contributed by atoms with Crippen LogP contribution in [0.15, 0.2) is 24.3 Å². The molecular formula is C11H14NNaO8S. The van der Waals surface area contributed by atoms with E-state index in [9.17, 15) is 17.8 Å². The Labute approximate surface area is 149 Å². The summed E-state index contributed by atoms with van der Waals surface area (Å²) < 4.78 is 50.7. The number of carbonyl (C=O) groups is 1. The zero-order chi connectivity index (χ0) is 15.9. The molecule has 2 N–H and O–H groups in total. The first-order valence-electron chi connectivity index (χ1n) is 5.64. The predicted octanol–water partition coefficient (Wildman–Crippen LogP) is -2.98. The topological polar surface area (TPSA) is 137 Å². The van der Waals surface area contributed by atoms with E-state index >= 15 is 0 Å². The minimum Gasteiger partial charge on any atom is -0.726 e. The third-order valence-corrected chi connectivity index (χ3v) is 2.67. The number of hydrogen-bond donors (Lipinski definition) is 1. The smallest absolute Gasteiger partial charge is 0.726 e. The van der Waals surface area contributed by atoms with E-state index in [-0.39, 0.29) is 36.2 Å². The maximum atomic E-state index is 10.6. The Bertz CT molecular complexity index is 579. The maximum absolute atomic E-state index is 10.6. The molecule has 0 aromatic heterocycles. The van der Waals surface area contributed by atoms with Gasteiger partial charge in [0.2, 0.25) is 10.4 Å². The van der Waals surface area contributed by atoms with Gasteiger partial charge < -0.3 is 24.5 Å². The summed E-state index contributed by atoms with van der Waals surface area (Å²) in [6.45, 7) is -0.916. The Balaban J connectivity index is 0.00000441. The van der Waals surface area contributed by atoms with E-state index in [4.69, 9.17) is 15.2 Å². The van der Waals surface area contributed by atoms with Crippen molar-refractivity contribution >= 4 is 16.5 Å². The van der Waals surface area contributed by atoms with Gasteiger partial charge in [-0.1, -0.05) is 12.1 Å². The van der Waals surface area contributed by atoms with E-state index in [0.717, 1.165) is 0 Å². The Morgan fingerprint density at radius 1 is 1.27 bits per heavy atom. The molecule has 0 fully saturated rings. The first kappa shape index (κ1) is 21.0. The van der Waals surface area contributed by atoms with Crippen LogP contribution in [0.2, 0.25) is 0 Å². The van der Waals surface area contributed by atoms with Crippen molar-refractivity contribution in [3.63, 3.8) is 0 Å². The minimum atomic E-state index is -4.98. The van der Waals surface area contributed by atoms with E-state index in [1.165, 1.54) is 7.11 Å².